The van der Waals surface area contributed by atoms with Crippen LogP contribution >= 0.6 is 0 Å². The molecule has 176 valence electrons. The third kappa shape index (κ3) is 3.06. The highest BCUT2D eigenvalue weighted by atomic mass is 19.2. The number of nitrogens with zero attached hydrogens (tertiary/aromatic N) is 4. The van der Waals surface area contributed by atoms with Gasteiger partial charge in [0.1, 0.15) is 0 Å². The molecule has 4 nitrogen and oxygen atoms in total. The fraction of sp³-hybridized carbons (Fsp3) is 0.0345. The van der Waals surface area contributed by atoms with Crippen LogP contribution in [-0.2, 0) is 0 Å². The monoisotopic (exact) mass is 492 g/mol. The fourth-order valence-electron chi connectivity index (χ4n) is 5.12. The number of aryl methyl sites for hydroxylation is 1. The largest absolute Gasteiger partial charge is 0.206 e. The zero-order valence-electron chi connectivity index (χ0n) is 19.0. The van der Waals surface area contributed by atoms with Crippen LogP contribution in [0.1, 0.15) is 5.56 Å². The molecule has 0 atom stereocenters. The molecule has 0 radical (unpaired) electrons. The van der Waals surface area contributed by atoms with Gasteiger partial charge in [0.25, 0.3) is 0 Å². The Labute approximate surface area is 206 Å². The Morgan fingerprint density at radius 2 is 1.16 bits per heavy atom. The van der Waals surface area contributed by atoms with Crippen molar-refractivity contribution in [3.63, 3.8) is 0 Å². The third-order valence-corrected chi connectivity index (χ3v) is 6.68. The summed E-state index contributed by atoms with van der Waals surface area (Å²) < 4.78 is 58.1. The Morgan fingerprint density at radius 3 is 1.86 bits per heavy atom. The van der Waals surface area contributed by atoms with E-state index in [9.17, 15) is 28.1 Å². The maximum Gasteiger partial charge on any atom is 0.206 e. The number of hydrogen-bond donors (Lipinski definition) is 0. The molecule has 6 aromatic carbocycles. The van der Waals surface area contributed by atoms with E-state index in [1.54, 1.807) is 12.3 Å². The van der Waals surface area contributed by atoms with Crippen LogP contribution in [0.3, 0.4) is 0 Å². The van der Waals surface area contributed by atoms with Crippen LogP contribution in [0.2, 0.25) is 0 Å². The molecule has 37 heavy (non-hydrogen) atoms. The summed E-state index contributed by atoms with van der Waals surface area (Å²) in [4.78, 5) is 7.63. The lowest BCUT2D eigenvalue weighted by Crippen LogP contribution is -2.04. The minimum atomic E-state index is -1.98. The van der Waals surface area contributed by atoms with Crippen LogP contribution in [0, 0.1) is 53.1 Å². The molecule has 0 fully saturated rings. The molecule has 0 saturated heterocycles. The zero-order valence-corrected chi connectivity index (χ0v) is 19.0. The number of benzene rings is 4. The van der Waals surface area contributed by atoms with Gasteiger partial charge in [-0.2, -0.15) is 20.5 Å². The summed E-state index contributed by atoms with van der Waals surface area (Å²) in [5, 5.41) is 20.0. The third-order valence-electron chi connectivity index (χ3n) is 6.68. The quantitative estimate of drug-likeness (QED) is 0.114. The van der Waals surface area contributed by atoms with Gasteiger partial charge in [-0.1, -0.05) is 42.0 Å². The van der Waals surface area contributed by atoms with Crippen molar-refractivity contribution in [1.29, 1.82) is 10.5 Å². The average Bonchev–Trinajstić information content (AvgIpc) is 3.37. The zero-order chi connectivity index (χ0) is 26.0. The molecule has 0 aliphatic rings. The minimum Gasteiger partial charge on any atom is -0.203 e. The molecule has 0 aliphatic heterocycles. The Morgan fingerprint density at radius 1 is 0.568 bits per heavy atom. The standard InChI is InChI=1S/C29H12F4N4/c1-13-3-2-4-14(7-13)15-5-6-16-17-9-21-18(10-20(17)28(36-11-34)19(16)8-15)22-23(29(21)37-12-35)25(31)27(33)26(32)24(22)30/h2-10H,1H3. The first-order valence-electron chi connectivity index (χ1n) is 11.1. The topological polar surface area (TPSA) is 72.3 Å². The van der Waals surface area contributed by atoms with Crippen molar-refractivity contribution in [2.45, 2.75) is 6.92 Å². The van der Waals surface area contributed by atoms with Crippen LogP contribution in [0.4, 0.5) is 17.6 Å². The van der Waals surface area contributed by atoms with Crippen molar-refractivity contribution in [2.24, 2.45) is 9.98 Å². The lowest BCUT2D eigenvalue weighted by molar-refractivity contribution is 0.418. The van der Waals surface area contributed by atoms with Gasteiger partial charge in [0.15, 0.2) is 23.3 Å². The molecule has 6 rings (SSSR count). The molecule has 6 aromatic rings. The van der Waals surface area contributed by atoms with Gasteiger partial charge in [-0.15, -0.1) is 0 Å². The highest BCUT2D eigenvalue weighted by Crippen LogP contribution is 2.36. The highest BCUT2D eigenvalue weighted by molar-refractivity contribution is 6.21. The van der Waals surface area contributed by atoms with Crippen molar-refractivity contribution in [2.75, 3.05) is 0 Å². The van der Waals surface area contributed by atoms with Crippen LogP contribution in [0.15, 0.2) is 64.6 Å². The average molecular weight is 492 g/mol. The SMILES string of the molecule is Cc1cccc(-c2ccc3c(c2)c(=NC#N)c2cc4c(cc23)c(=NC#N)c2c(F)c(F)c(F)c(F)c24)c1. The van der Waals surface area contributed by atoms with E-state index in [2.05, 4.69) is 9.98 Å². The lowest BCUT2D eigenvalue weighted by atomic mass is 10.0. The van der Waals surface area contributed by atoms with Crippen molar-refractivity contribution in [1.82, 2.24) is 0 Å². The number of rotatable bonds is 1. The van der Waals surface area contributed by atoms with E-state index >= 15 is 0 Å². The van der Waals surface area contributed by atoms with E-state index in [1.165, 1.54) is 12.3 Å². The normalized spacial score (nSPS) is 12.7. The molecule has 0 aliphatic carbocycles. The van der Waals surface area contributed by atoms with E-state index in [4.69, 9.17) is 0 Å². The van der Waals surface area contributed by atoms with Crippen molar-refractivity contribution in [3.8, 4) is 23.5 Å². The minimum absolute atomic E-state index is 0.0235. The van der Waals surface area contributed by atoms with Crippen LogP contribution in [0.5, 0.6) is 0 Å². The second-order valence-electron chi connectivity index (χ2n) is 8.70. The Kier molecular flexibility index (Phi) is 4.82. The first-order valence-corrected chi connectivity index (χ1v) is 11.1. The molecule has 0 heterocycles. The lowest BCUT2D eigenvalue weighted by Gasteiger charge is -2.03. The van der Waals surface area contributed by atoms with E-state index < -0.39 is 34.0 Å². The fourth-order valence-corrected chi connectivity index (χ4v) is 5.12. The summed E-state index contributed by atoms with van der Waals surface area (Å²) in [6.45, 7) is 1.98. The highest BCUT2D eigenvalue weighted by Gasteiger charge is 2.26. The number of halogens is 4. The number of hydrogen-bond acceptors (Lipinski definition) is 4. The predicted octanol–water partition coefficient (Wildman–Crippen LogP) is 6.47. The summed E-state index contributed by atoms with van der Waals surface area (Å²) in [5.41, 5.74) is 2.92. The van der Waals surface area contributed by atoms with E-state index in [0.717, 1.165) is 16.7 Å². The van der Waals surface area contributed by atoms with Gasteiger partial charge in [0, 0.05) is 21.5 Å². The molecule has 0 saturated carbocycles. The summed E-state index contributed by atoms with van der Waals surface area (Å²) in [6, 6.07) is 16.5. The summed E-state index contributed by atoms with van der Waals surface area (Å²) in [6.07, 6.45) is 3.32. The molecular weight excluding hydrogens is 480 g/mol. The van der Waals surface area contributed by atoms with Crippen LogP contribution in [-0.4, -0.2) is 0 Å². The van der Waals surface area contributed by atoms with Gasteiger partial charge in [-0.3, -0.25) is 0 Å². The molecule has 0 bridgehead atoms. The molecule has 0 aromatic heterocycles. The summed E-state index contributed by atoms with van der Waals surface area (Å²) in [5.74, 6) is -7.16. The molecule has 0 N–H and O–H groups in total. The predicted molar refractivity (Wildman–Crippen MR) is 131 cm³/mol. The maximum absolute atomic E-state index is 15.0. The Hall–Kier alpha value is -5.08. The van der Waals surface area contributed by atoms with E-state index in [0.29, 0.717) is 26.9 Å². The van der Waals surface area contributed by atoms with Gasteiger partial charge in [-0.05, 0) is 52.4 Å². The van der Waals surface area contributed by atoms with E-state index in [1.807, 2.05) is 49.4 Å². The smallest absolute Gasteiger partial charge is 0.203 e. The second kappa shape index (κ2) is 7.97. The van der Waals surface area contributed by atoms with Gasteiger partial charge < -0.3 is 0 Å². The number of nitriles is 2. The number of fused-ring (bicyclic) bond motifs is 6. The van der Waals surface area contributed by atoms with Crippen LogP contribution in [0.25, 0.3) is 54.2 Å². The van der Waals surface area contributed by atoms with Gasteiger partial charge in [-0.25, -0.2) is 17.6 Å². The van der Waals surface area contributed by atoms with Crippen molar-refractivity contribution in [3.05, 3.63) is 94.1 Å². The first kappa shape index (κ1) is 22.4. The summed E-state index contributed by atoms with van der Waals surface area (Å²) in [7, 11) is 0. The molecule has 0 spiro atoms. The Bertz CT molecular complexity index is 2170. The molecule has 0 amide bonds. The Balaban J connectivity index is 1.83. The van der Waals surface area contributed by atoms with Gasteiger partial charge in [0.2, 0.25) is 12.4 Å². The molecular formula is C29H12F4N4. The van der Waals surface area contributed by atoms with Crippen molar-refractivity contribution >= 4 is 43.1 Å². The maximum atomic E-state index is 15.0. The van der Waals surface area contributed by atoms with Gasteiger partial charge in [0.05, 0.1) is 16.1 Å². The molecule has 8 heteroatoms. The van der Waals surface area contributed by atoms with E-state index in [-0.39, 0.29) is 16.1 Å². The van der Waals surface area contributed by atoms with Crippen molar-refractivity contribution < 1.29 is 17.6 Å². The van der Waals surface area contributed by atoms with Crippen LogP contribution < -0.4 is 10.7 Å². The summed E-state index contributed by atoms with van der Waals surface area (Å²) >= 11 is 0. The molecule has 0 unspecified atom stereocenters. The first-order chi connectivity index (χ1) is 17.8. The second-order valence-corrected chi connectivity index (χ2v) is 8.70. The van der Waals surface area contributed by atoms with Gasteiger partial charge >= 0.3 is 0 Å².